The van der Waals surface area contributed by atoms with E-state index in [1.54, 1.807) is 17.5 Å². The summed E-state index contributed by atoms with van der Waals surface area (Å²) in [5.74, 6) is 2.60. The van der Waals surface area contributed by atoms with E-state index in [0.717, 1.165) is 42.6 Å². The largest absolute Gasteiger partial charge is 0.494 e. The number of ether oxygens (including phenoxy) is 2. The molecular formula is C22H26N6O2S. The van der Waals surface area contributed by atoms with Crippen LogP contribution < -0.4 is 20.1 Å². The number of pyridine rings is 1. The molecule has 1 aromatic carbocycles. The molecule has 1 fully saturated rings. The monoisotopic (exact) mass is 438 g/mol. The predicted octanol–water partition coefficient (Wildman–Crippen LogP) is 3.37. The molecule has 0 aliphatic carbocycles. The van der Waals surface area contributed by atoms with Gasteiger partial charge < -0.3 is 25.0 Å². The number of hydrogen-bond donors (Lipinski definition) is 1. The third kappa shape index (κ3) is 5.64. The van der Waals surface area contributed by atoms with Crippen molar-refractivity contribution in [3.63, 3.8) is 0 Å². The van der Waals surface area contributed by atoms with E-state index < -0.39 is 0 Å². The summed E-state index contributed by atoms with van der Waals surface area (Å²) < 4.78 is 11.3. The molecule has 31 heavy (non-hydrogen) atoms. The molecule has 1 aliphatic heterocycles. The first kappa shape index (κ1) is 20.9. The van der Waals surface area contributed by atoms with E-state index in [1.807, 2.05) is 54.9 Å². The highest BCUT2D eigenvalue weighted by atomic mass is 32.1. The summed E-state index contributed by atoms with van der Waals surface area (Å²) in [6.07, 6.45) is 3.56. The van der Waals surface area contributed by atoms with Crippen LogP contribution in [-0.4, -0.2) is 53.6 Å². The summed E-state index contributed by atoms with van der Waals surface area (Å²) in [6, 6.07) is 11.3. The highest BCUT2D eigenvalue weighted by Crippen LogP contribution is 2.23. The summed E-state index contributed by atoms with van der Waals surface area (Å²) in [6.45, 7) is 6.50. The van der Waals surface area contributed by atoms with Crippen LogP contribution in [0.3, 0.4) is 0 Å². The summed E-state index contributed by atoms with van der Waals surface area (Å²) in [5.41, 5.74) is 7.23. The lowest BCUT2D eigenvalue weighted by molar-refractivity contribution is 0.339. The fourth-order valence-corrected chi connectivity index (χ4v) is 3.96. The third-order valence-corrected chi connectivity index (χ3v) is 5.71. The van der Waals surface area contributed by atoms with Crippen molar-refractivity contribution in [2.75, 3.05) is 37.7 Å². The maximum atomic E-state index is 6.25. The minimum atomic E-state index is 0.473. The molecule has 0 bridgehead atoms. The first-order chi connectivity index (χ1) is 15.2. The van der Waals surface area contributed by atoms with Crippen LogP contribution in [0.4, 0.5) is 5.13 Å². The van der Waals surface area contributed by atoms with Gasteiger partial charge in [-0.3, -0.25) is 0 Å². The van der Waals surface area contributed by atoms with Crippen molar-refractivity contribution < 1.29 is 9.47 Å². The highest BCUT2D eigenvalue weighted by Gasteiger charge is 2.19. The second kappa shape index (κ2) is 10.1. The topological polar surface area (TPSA) is 89.1 Å². The minimum absolute atomic E-state index is 0.473. The quantitative estimate of drug-likeness (QED) is 0.447. The van der Waals surface area contributed by atoms with Crippen molar-refractivity contribution in [2.24, 2.45) is 10.7 Å². The summed E-state index contributed by atoms with van der Waals surface area (Å²) in [7, 11) is 0. The SMILES string of the molecule is CCOc1ccc(Oc2cc(CN=C(N)N3CCN(c4nccs4)CC3)ccn2)cc1. The standard InChI is InChI=1S/C22H26N6O2S/c1-2-29-18-3-5-19(6-4-18)30-20-15-17(7-8-24-20)16-26-21(23)27-10-12-28(13-11-27)22-25-9-14-31-22/h3-9,14-15H,2,10-13,16H2,1H3,(H2,23,26). The summed E-state index contributed by atoms with van der Waals surface area (Å²) in [5, 5.41) is 3.06. The van der Waals surface area contributed by atoms with Crippen molar-refractivity contribution in [1.29, 1.82) is 0 Å². The molecule has 0 unspecified atom stereocenters. The van der Waals surface area contributed by atoms with Crippen molar-refractivity contribution in [3.05, 3.63) is 59.7 Å². The summed E-state index contributed by atoms with van der Waals surface area (Å²) in [4.78, 5) is 17.6. The van der Waals surface area contributed by atoms with E-state index >= 15 is 0 Å². The van der Waals surface area contributed by atoms with Gasteiger partial charge in [-0.25, -0.2) is 15.0 Å². The van der Waals surface area contributed by atoms with Gasteiger partial charge in [-0.1, -0.05) is 0 Å². The Morgan fingerprint density at radius 3 is 2.55 bits per heavy atom. The van der Waals surface area contributed by atoms with Crippen molar-refractivity contribution in [3.8, 4) is 17.4 Å². The van der Waals surface area contributed by atoms with Gasteiger partial charge in [0.15, 0.2) is 11.1 Å². The van der Waals surface area contributed by atoms with Gasteiger partial charge in [0.25, 0.3) is 0 Å². The fraction of sp³-hybridized carbons (Fsp3) is 0.318. The van der Waals surface area contributed by atoms with E-state index in [1.165, 1.54) is 0 Å². The van der Waals surface area contributed by atoms with Gasteiger partial charge in [-0.15, -0.1) is 11.3 Å². The van der Waals surface area contributed by atoms with Gasteiger partial charge in [-0.2, -0.15) is 0 Å². The first-order valence-corrected chi connectivity index (χ1v) is 11.1. The van der Waals surface area contributed by atoms with Gasteiger partial charge in [0, 0.05) is 50.0 Å². The molecule has 0 amide bonds. The molecule has 9 heteroatoms. The Bertz CT molecular complexity index is 986. The lowest BCUT2D eigenvalue weighted by atomic mass is 10.2. The number of thiazole rings is 1. The van der Waals surface area contributed by atoms with Crippen molar-refractivity contribution in [2.45, 2.75) is 13.5 Å². The normalized spacial score (nSPS) is 14.5. The second-order valence-electron chi connectivity index (χ2n) is 6.97. The Balaban J connectivity index is 1.31. The summed E-state index contributed by atoms with van der Waals surface area (Å²) >= 11 is 1.66. The predicted molar refractivity (Wildman–Crippen MR) is 123 cm³/mol. The van der Waals surface area contributed by atoms with Gasteiger partial charge in [0.2, 0.25) is 5.88 Å². The average Bonchev–Trinajstić information content (AvgIpc) is 3.34. The number of aliphatic imine (C=N–C) groups is 1. The lowest BCUT2D eigenvalue weighted by Gasteiger charge is -2.35. The zero-order chi connectivity index (χ0) is 21.5. The number of piperazine rings is 1. The molecule has 162 valence electrons. The smallest absolute Gasteiger partial charge is 0.219 e. The van der Waals surface area contributed by atoms with E-state index in [2.05, 4.69) is 24.8 Å². The molecule has 2 N–H and O–H groups in total. The molecule has 2 aromatic heterocycles. The van der Waals surface area contributed by atoms with Crippen LogP contribution in [0, 0.1) is 0 Å². The van der Waals surface area contributed by atoms with Crippen LogP contribution in [0.25, 0.3) is 0 Å². The van der Waals surface area contributed by atoms with Crippen LogP contribution in [0.1, 0.15) is 12.5 Å². The van der Waals surface area contributed by atoms with E-state index in [-0.39, 0.29) is 0 Å². The number of rotatable bonds is 7. The van der Waals surface area contributed by atoms with E-state index in [4.69, 9.17) is 15.2 Å². The number of benzene rings is 1. The van der Waals surface area contributed by atoms with Crippen LogP contribution >= 0.6 is 11.3 Å². The van der Waals surface area contributed by atoms with Crippen molar-refractivity contribution >= 4 is 22.4 Å². The minimum Gasteiger partial charge on any atom is -0.494 e. The molecule has 1 saturated heterocycles. The molecule has 0 atom stereocenters. The lowest BCUT2D eigenvalue weighted by Crippen LogP contribution is -2.51. The molecule has 4 rings (SSSR count). The first-order valence-electron chi connectivity index (χ1n) is 10.3. The molecule has 0 spiro atoms. The Labute approximate surface area is 186 Å². The number of nitrogens with two attached hydrogens (primary N) is 1. The Morgan fingerprint density at radius 2 is 1.84 bits per heavy atom. The Kier molecular flexibility index (Phi) is 6.83. The van der Waals surface area contributed by atoms with Crippen LogP contribution in [0.15, 0.2) is 59.2 Å². The van der Waals surface area contributed by atoms with E-state index in [0.29, 0.717) is 30.7 Å². The van der Waals surface area contributed by atoms with Crippen LogP contribution in [0.2, 0.25) is 0 Å². The number of nitrogens with zero attached hydrogens (tertiary/aromatic N) is 5. The van der Waals surface area contributed by atoms with E-state index in [9.17, 15) is 0 Å². The molecular weight excluding hydrogens is 412 g/mol. The number of anilines is 1. The second-order valence-corrected chi connectivity index (χ2v) is 7.85. The highest BCUT2D eigenvalue weighted by molar-refractivity contribution is 7.13. The number of hydrogen-bond acceptors (Lipinski definition) is 7. The maximum absolute atomic E-state index is 6.25. The molecule has 3 heterocycles. The molecule has 3 aromatic rings. The van der Waals surface area contributed by atoms with Crippen molar-refractivity contribution in [1.82, 2.24) is 14.9 Å². The maximum Gasteiger partial charge on any atom is 0.219 e. The number of aromatic nitrogens is 2. The van der Waals surface area contributed by atoms with Gasteiger partial charge in [0.05, 0.1) is 13.2 Å². The van der Waals surface area contributed by atoms with Gasteiger partial charge >= 0.3 is 0 Å². The molecule has 0 saturated carbocycles. The van der Waals surface area contributed by atoms with Gasteiger partial charge in [0.1, 0.15) is 11.5 Å². The third-order valence-electron chi connectivity index (χ3n) is 4.87. The van der Waals surface area contributed by atoms with Gasteiger partial charge in [-0.05, 0) is 42.8 Å². The fourth-order valence-electron chi connectivity index (χ4n) is 3.27. The zero-order valence-electron chi connectivity index (χ0n) is 17.5. The Morgan fingerprint density at radius 1 is 1.06 bits per heavy atom. The molecule has 1 aliphatic rings. The number of guanidine groups is 1. The molecule has 0 radical (unpaired) electrons. The zero-order valence-corrected chi connectivity index (χ0v) is 18.3. The van der Waals surface area contributed by atoms with Crippen LogP contribution in [0.5, 0.6) is 17.4 Å². The Hall–Kier alpha value is -3.33. The average molecular weight is 439 g/mol. The molecule has 8 nitrogen and oxygen atoms in total. The van der Waals surface area contributed by atoms with Crippen LogP contribution in [-0.2, 0) is 6.54 Å².